The average molecular weight is 355 g/mol. The van der Waals surface area contributed by atoms with Gasteiger partial charge in [0.2, 0.25) is 0 Å². The zero-order valence-corrected chi connectivity index (χ0v) is 19.0. The third-order valence-corrected chi connectivity index (χ3v) is 5.25. The van der Waals surface area contributed by atoms with Crippen molar-refractivity contribution >= 4 is 0 Å². The summed E-state index contributed by atoms with van der Waals surface area (Å²) in [4.78, 5) is 8.16. The molecule has 0 aliphatic carbocycles. The summed E-state index contributed by atoms with van der Waals surface area (Å²) in [7, 11) is 0. The molecular formula is C21H46N4. The maximum absolute atomic E-state index is 3.85. The van der Waals surface area contributed by atoms with Crippen molar-refractivity contribution in [3.8, 4) is 0 Å². The van der Waals surface area contributed by atoms with E-state index in [9.17, 15) is 0 Å². The third-order valence-electron chi connectivity index (χ3n) is 5.25. The van der Waals surface area contributed by atoms with Gasteiger partial charge >= 0.3 is 0 Å². The second-order valence-corrected chi connectivity index (χ2v) is 9.64. The Morgan fingerprint density at radius 2 is 1.16 bits per heavy atom. The Morgan fingerprint density at radius 1 is 0.720 bits per heavy atom. The third kappa shape index (κ3) is 4.97. The van der Waals surface area contributed by atoms with Crippen molar-refractivity contribution in [3.05, 3.63) is 0 Å². The summed E-state index contributed by atoms with van der Waals surface area (Å²) >= 11 is 0. The fourth-order valence-electron chi connectivity index (χ4n) is 4.35. The molecule has 4 nitrogen and oxygen atoms in total. The first-order valence-corrected chi connectivity index (χ1v) is 10.5. The van der Waals surface area contributed by atoms with Crippen LogP contribution in [0, 0.1) is 11.8 Å². The maximum atomic E-state index is 3.85. The van der Waals surface area contributed by atoms with Crippen molar-refractivity contribution in [3.63, 3.8) is 0 Å². The summed E-state index contributed by atoms with van der Waals surface area (Å²) in [6, 6.07) is 2.05. The Kier molecular flexibility index (Phi) is 8.39. The summed E-state index contributed by atoms with van der Waals surface area (Å²) in [6.45, 7) is 28.0. The van der Waals surface area contributed by atoms with Crippen LogP contribution in [0.1, 0.15) is 83.1 Å². The minimum absolute atomic E-state index is 0.367. The molecule has 4 heteroatoms. The predicted octanol–water partition coefficient (Wildman–Crippen LogP) is 4.38. The summed E-state index contributed by atoms with van der Waals surface area (Å²) in [5.41, 5.74) is 0. The van der Waals surface area contributed by atoms with Crippen LogP contribution in [0.4, 0.5) is 0 Å². The van der Waals surface area contributed by atoms with Gasteiger partial charge in [0.05, 0.1) is 12.3 Å². The van der Waals surface area contributed by atoms with E-state index in [1.807, 2.05) is 0 Å². The van der Waals surface area contributed by atoms with E-state index in [4.69, 9.17) is 0 Å². The van der Waals surface area contributed by atoms with E-state index in [0.717, 1.165) is 0 Å². The largest absolute Gasteiger partial charge is 0.299 e. The van der Waals surface area contributed by atoms with Gasteiger partial charge in [0.15, 0.2) is 0 Å². The van der Waals surface area contributed by atoms with Gasteiger partial charge in [-0.2, -0.15) is 0 Å². The standard InChI is InChI=1S/C21H46N4/c1-13(2)19(22-15(5)6)23(16(7)8)21-24(17(9)10)20(14(3)4)25(21)18(11)12/h13-22H,1-12H3. The Bertz CT molecular complexity index is 373. The van der Waals surface area contributed by atoms with Crippen LogP contribution in [-0.2, 0) is 0 Å². The zero-order chi connectivity index (χ0) is 19.6. The molecule has 0 amide bonds. The monoisotopic (exact) mass is 354 g/mol. The van der Waals surface area contributed by atoms with Gasteiger partial charge in [-0.25, -0.2) is 0 Å². The van der Waals surface area contributed by atoms with Gasteiger partial charge in [-0.1, -0.05) is 27.7 Å². The predicted molar refractivity (Wildman–Crippen MR) is 110 cm³/mol. The second kappa shape index (κ2) is 9.16. The van der Waals surface area contributed by atoms with Gasteiger partial charge in [0.1, 0.15) is 6.29 Å². The van der Waals surface area contributed by atoms with E-state index in [2.05, 4.69) is 103 Å². The van der Waals surface area contributed by atoms with Gasteiger partial charge in [-0.3, -0.25) is 20.0 Å². The molecule has 1 fully saturated rings. The summed E-state index contributed by atoms with van der Waals surface area (Å²) in [5, 5.41) is 3.85. The fourth-order valence-corrected chi connectivity index (χ4v) is 4.35. The molecule has 1 atom stereocenters. The molecule has 1 aliphatic rings. The average Bonchev–Trinajstić information content (AvgIpc) is 2.38. The van der Waals surface area contributed by atoms with Crippen LogP contribution in [0.25, 0.3) is 0 Å². The quantitative estimate of drug-likeness (QED) is 0.620. The summed E-state index contributed by atoms with van der Waals surface area (Å²) in [5.74, 6) is 1.19. The van der Waals surface area contributed by atoms with E-state index in [0.29, 0.717) is 54.6 Å². The molecule has 1 saturated heterocycles. The molecule has 0 saturated carbocycles. The van der Waals surface area contributed by atoms with Gasteiger partial charge in [0, 0.05) is 24.2 Å². The number of nitrogens with zero attached hydrogens (tertiary/aromatic N) is 3. The van der Waals surface area contributed by atoms with Crippen molar-refractivity contribution in [1.29, 1.82) is 0 Å². The van der Waals surface area contributed by atoms with Crippen LogP contribution in [0.2, 0.25) is 0 Å². The normalized spacial score (nSPS) is 24.6. The number of hydrogen-bond donors (Lipinski definition) is 1. The van der Waals surface area contributed by atoms with Crippen LogP contribution in [-0.4, -0.2) is 57.5 Å². The highest BCUT2D eigenvalue weighted by Crippen LogP contribution is 2.39. The number of hydrogen-bond acceptors (Lipinski definition) is 4. The first-order chi connectivity index (χ1) is 11.4. The minimum Gasteiger partial charge on any atom is -0.299 e. The van der Waals surface area contributed by atoms with Crippen molar-refractivity contribution in [1.82, 2.24) is 20.0 Å². The van der Waals surface area contributed by atoms with Crippen LogP contribution in [0.3, 0.4) is 0 Å². The molecule has 1 unspecified atom stereocenters. The van der Waals surface area contributed by atoms with Gasteiger partial charge in [0.25, 0.3) is 0 Å². The molecule has 0 bridgehead atoms. The highest BCUT2D eigenvalue weighted by atomic mass is 15.7. The molecule has 0 aromatic rings. The van der Waals surface area contributed by atoms with Crippen LogP contribution >= 0.6 is 0 Å². The Morgan fingerprint density at radius 3 is 1.40 bits per heavy atom. The molecule has 0 spiro atoms. The Hall–Kier alpha value is -0.160. The highest BCUT2D eigenvalue weighted by molar-refractivity contribution is 4.99. The summed E-state index contributed by atoms with van der Waals surface area (Å²) in [6.07, 6.45) is 1.27. The number of nitrogens with one attached hydrogen (secondary N) is 1. The molecule has 25 heavy (non-hydrogen) atoms. The van der Waals surface area contributed by atoms with Crippen LogP contribution in [0.15, 0.2) is 0 Å². The first kappa shape index (κ1) is 22.9. The molecule has 0 aromatic carbocycles. The topological polar surface area (TPSA) is 21.8 Å². The molecule has 1 heterocycles. The van der Waals surface area contributed by atoms with Crippen molar-refractivity contribution < 1.29 is 0 Å². The molecule has 1 rings (SSSR count). The lowest BCUT2D eigenvalue weighted by molar-refractivity contribution is -0.293. The van der Waals surface area contributed by atoms with E-state index < -0.39 is 0 Å². The zero-order valence-electron chi connectivity index (χ0n) is 19.0. The van der Waals surface area contributed by atoms with Crippen molar-refractivity contribution in [2.75, 3.05) is 0 Å². The Balaban J connectivity index is 3.29. The first-order valence-electron chi connectivity index (χ1n) is 10.5. The second-order valence-electron chi connectivity index (χ2n) is 9.64. The Labute approximate surface area is 158 Å². The van der Waals surface area contributed by atoms with E-state index >= 15 is 0 Å². The van der Waals surface area contributed by atoms with E-state index in [1.165, 1.54) is 0 Å². The lowest BCUT2D eigenvalue weighted by atomic mass is 9.96. The van der Waals surface area contributed by atoms with Crippen LogP contribution in [0.5, 0.6) is 0 Å². The minimum atomic E-state index is 0.367. The SMILES string of the molecule is CC(C)NC(C(C)C)N(C(C)C)C1N(C(C)C)C(C(C)C)N1C(C)C. The van der Waals surface area contributed by atoms with E-state index in [-0.39, 0.29) is 0 Å². The molecule has 0 aromatic heterocycles. The maximum Gasteiger partial charge on any atom is 0.124 e. The van der Waals surface area contributed by atoms with E-state index in [1.54, 1.807) is 0 Å². The molecule has 150 valence electrons. The number of rotatable bonds is 9. The van der Waals surface area contributed by atoms with Gasteiger partial charge in [-0.05, 0) is 67.2 Å². The highest BCUT2D eigenvalue weighted by Gasteiger charge is 2.54. The smallest absolute Gasteiger partial charge is 0.124 e. The molecular weight excluding hydrogens is 308 g/mol. The van der Waals surface area contributed by atoms with Crippen LogP contribution < -0.4 is 5.32 Å². The van der Waals surface area contributed by atoms with Gasteiger partial charge in [-0.15, -0.1) is 0 Å². The van der Waals surface area contributed by atoms with Crippen molar-refractivity contribution in [2.45, 2.75) is 126 Å². The molecule has 1 N–H and O–H groups in total. The van der Waals surface area contributed by atoms with Crippen molar-refractivity contribution in [2.24, 2.45) is 11.8 Å². The summed E-state index contributed by atoms with van der Waals surface area (Å²) < 4.78 is 0. The van der Waals surface area contributed by atoms with Gasteiger partial charge < -0.3 is 0 Å². The molecule has 0 radical (unpaired) electrons. The lowest BCUT2D eigenvalue weighted by Crippen LogP contribution is -2.82. The lowest BCUT2D eigenvalue weighted by Gasteiger charge is -2.67. The fraction of sp³-hybridized carbons (Fsp3) is 1.00. The molecule has 1 aliphatic heterocycles.